The molecule has 2 aliphatic rings. The Bertz CT molecular complexity index is 653. The third-order valence-corrected chi connectivity index (χ3v) is 6.03. The molecule has 0 aromatic heterocycles. The fourth-order valence-electron chi connectivity index (χ4n) is 4.25. The fraction of sp³-hybridized carbons (Fsp3) is 0.619. The average molecular weight is 392 g/mol. The van der Waals surface area contributed by atoms with Crippen LogP contribution in [-0.4, -0.2) is 60.4 Å². The molecule has 2 amide bonds. The second-order valence-electron chi connectivity index (χ2n) is 7.60. The summed E-state index contributed by atoms with van der Waals surface area (Å²) in [7, 11) is 0. The molecule has 3 rings (SSSR count). The Morgan fingerprint density at radius 3 is 2.44 bits per heavy atom. The molecule has 1 aliphatic carbocycles. The van der Waals surface area contributed by atoms with Crippen molar-refractivity contribution in [3.63, 3.8) is 0 Å². The summed E-state index contributed by atoms with van der Waals surface area (Å²) >= 11 is 6.08. The van der Waals surface area contributed by atoms with Gasteiger partial charge in [-0.1, -0.05) is 36.9 Å². The largest absolute Gasteiger partial charge is 0.368 e. The maximum atomic E-state index is 12.7. The normalized spacial score (nSPS) is 18.4. The van der Waals surface area contributed by atoms with E-state index in [9.17, 15) is 9.59 Å². The third kappa shape index (κ3) is 5.38. The Labute approximate surface area is 167 Å². The van der Waals surface area contributed by atoms with E-state index in [2.05, 4.69) is 11.0 Å². The summed E-state index contributed by atoms with van der Waals surface area (Å²) in [6, 6.07) is 8.17. The van der Waals surface area contributed by atoms with Crippen LogP contribution in [0.25, 0.3) is 0 Å². The van der Waals surface area contributed by atoms with Crippen LogP contribution in [0.1, 0.15) is 45.4 Å². The predicted molar refractivity (Wildman–Crippen MR) is 109 cm³/mol. The SMILES string of the molecule is CC(=O)N(CCC(=O)N1CCN(c2cccc(Cl)c2)CC1)C1CCCCC1. The number of hydrogen-bond acceptors (Lipinski definition) is 3. The van der Waals surface area contributed by atoms with Crippen molar-refractivity contribution >= 4 is 29.1 Å². The molecular formula is C21H30ClN3O2. The second kappa shape index (κ2) is 9.45. The van der Waals surface area contributed by atoms with Gasteiger partial charge < -0.3 is 14.7 Å². The minimum Gasteiger partial charge on any atom is -0.368 e. The number of hydrogen-bond donors (Lipinski definition) is 0. The van der Waals surface area contributed by atoms with Gasteiger partial charge in [0.2, 0.25) is 11.8 Å². The summed E-state index contributed by atoms with van der Waals surface area (Å²) in [5.74, 6) is 0.253. The highest BCUT2D eigenvalue weighted by molar-refractivity contribution is 6.30. The number of nitrogens with zero attached hydrogens (tertiary/aromatic N) is 3. The second-order valence-corrected chi connectivity index (χ2v) is 8.04. The van der Waals surface area contributed by atoms with Crippen LogP contribution < -0.4 is 4.90 Å². The van der Waals surface area contributed by atoms with Gasteiger partial charge in [-0.3, -0.25) is 9.59 Å². The lowest BCUT2D eigenvalue weighted by Crippen LogP contribution is -2.50. The molecule has 0 atom stereocenters. The van der Waals surface area contributed by atoms with E-state index in [0.29, 0.717) is 19.0 Å². The van der Waals surface area contributed by atoms with Crippen molar-refractivity contribution in [1.29, 1.82) is 0 Å². The van der Waals surface area contributed by atoms with E-state index >= 15 is 0 Å². The number of piperazine rings is 1. The first-order chi connectivity index (χ1) is 13.0. The minimum atomic E-state index is 0.0977. The van der Waals surface area contributed by atoms with Gasteiger partial charge in [0.05, 0.1) is 0 Å². The first kappa shape index (κ1) is 20.0. The molecule has 0 N–H and O–H groups in total. The Hall–Kier alpha value is -1.75. The maximum Gasteiger partial charge on any atom is 0.224 e. The molecule has 148 valence electrons. The van der Waals surface area contributed by atoms with E-state index in [4.69, 9.17) is 11.6 Å². The van der Waals surface area contributed by atoms with Crippen molar-refractivity contribution in [2.24, 2.45) is 0 Å². The highest BCUT2D eigenvalue weighted by atomic mass is 35.5. The van der Waals surface area contributed by atoms with Crippen LogP contribution in [0, 0.1) is 0 Å². The number of rotatable bonds is 5. The van der Waals surface area contributed by atoms with Crippen LogP contribution in [0.3, 0.4) is 0 Å². The summed E-state index contributed by atoms with van der Waals surface area (Å²) < 4.78 is 0. The van der Waals surface area contributed by atoms with Gasteiger partial charge in [-0.15, -0.1) is 0 Å². The lowest BCUT2D eigenvalue weighted by Gasteiger charge is -2.37. The van der Waals surface area contributed by atoms with E-state index < -0.39 is 0 Å². The van der Waals surface area contributed by atoms with Crippen LogP contribution in [0.15, 0.2) is 24.3 Å². The number of halogens is 1. The Kier molecular flexibility index (Phi) is 7.00. The monoisotopic (exact) mass is 391 g/mol. The van der Waals surface area contributed by atoms with E-state index in [-0.39, 0.29) is 11.8 Å². The summed E-state index contributed by atoms with van der Waals surface area (Å²) in [6.45, 7) is 5.23. The number of anilines is 1. The van der Waals surface area contributed by atoms with Crippen LogP contribution >= 0.6 is 11.6 Å². The molecule has 5 nitrogen and oxygen atoms in total. The van der Waals surface area contributed by atoms with Gasteiger partial charge in [-0.2, -0.15) is 0 Å². The number of amides is 2. The standard InChI is InChI=1S/C21H30ClN3O2/c1-17(26)25(19-7-3-2-4-8-19)11-10-21(27)24-14-12-23(13-15-24)20-9-5-6-18(22)16-20/h5-6,9,16,19H,2-4,7-8,10-15H2,1H3. The number of carbonyl (C=O) groups excluding carboxylic acids is 2. The first-order valence-electron chi connectivity index (χ1n) is 10.1. The Morgan fingerprint density at radius 2 is 1.81 bits per heavy atom. The van der Waals surface area contributed by atoms with Gasteiger partial charge in [0, 0.05) is 62.8 Å². The zero-order valence-electron chi connectivity index (χ0n) is 16.2. The van der Waals surface area contributed by atoms with Gasteiger partial charge in [-0.25, -0.2) is 0 Å². The third-order valence-electron chi connectivity index (χ3n) is 5.79. The summed E-state index contributed by atoms with van der Waals surface area (Å²) in [4.78, 5) is 30.8. The predicted octanol–water partition coefficient (Wildman–Crippen LogP) is 3.56. The fourth-order valence-corrected chi connectivity index (χ4v) is 4.44. The average Bonchev–Trinajstić information content (AvgIpc) is 2.69. The molecule has 0 unspecified atom stereocenters. The zero-order valence-corrected chi connectivity index (χ0v) is 17.0. The Morgan fingerprint density at radius 1 is 1.11 bits per heavy atom. The molecular weight excluding hydrogens is 362 g/mol. The molecule has 1 aromatic rings. The van der Waals surface area contributed by atoms with Crippen molar-refractivity contribution in [2.45, 2.75) is 51.5 Å². The summed E-state index contributed by atoms with van der Waals surface area (Å²) in [6.07, 6.45) is 6.21. The highest BCUT2D eigenvalue weighted by Crippen LogP contribution is 2.24. The van der Waals surface area contributed by atoms with Crippen LogP contribution in [0.5, 0.6) is 0 Å². The van der Waals surface area contributed by atoms with Gasteiger partial charge in [-0.05, 0) is 31.0 Å². The zero-order chi connectivity index (χ0) is 19.2. The number of carbonyl (C=O) groups is 2. The van der Waals surface area contributed by atoms with E-state index in [0.717, 1.165) is 49.7 Å². The van der Waals surface area contributed by atoms with Crippen LogP contribution in [0.4, 0.5) is 5.69 Å². The van der Waals surface area contributed by atoms with Crippen LogP contribution in [0.2, 0.25) is 5.02 Å². The smallest absolute Gasteiger partial charge is 0.224 e. The van der Waals surface area contributed by atoms with Crippen molar-refractivity contribution in [3.05, 3.63) is 29.3 Å². The maximum absolute atomic E-state index is 12.7. The quantitative estimate of drug-likeness (QED) is 0.770. The molecule has 1 aromatic carbocycles. The molecule has 1 saturated heterocycles. The van der Waals surface area contributed by atoms with Gasteiger partial charge in [0.1, 0.15) is 0 Å². The molecule has 6 heteroatoms. The van der Waals surface area contributed by atoms with Crippen molar-refractivity contribution in [2.75, 3.05) is 37.6 Å². The van der Waals surface area contributed by atoms with Crippen LogP contribution in [-0.2, 0) is 9.59 Å². The van der Waals surface area contributed by atoms with Gasteiger partial charge in [0.15, 0.2) is 0 Å². The first-order valence-corrected chi connectivity index (χ1v) is 10.5. The van der Waals surface area contributed by atoms with Crippen molar-refractivity contribution < 1.29 is 9.59 Å². The summed E-state index contributed by atoms with van der Waals surface area (Å²) in [5, 5.41) is 0.734. The number of benzene rings is 1. The van der Waals surface area contributed by atoms with E-state index in [1.807, 2.05) is 28.0 Å². The van der Waals surface area contributed by atoms with Crippen molar-refractivity contribution in [3.8, 4) is 0 Å². The summed E-state index contributed by atoms with van der Waals surface area (Å²) in [5.41, 5.74) is 1.11. The molecule has 27 heavy (non-hydrogen) atoms. The van der Waals surface area contributed by atoms with Gasteiger partial charge in [0.25, 0.3) is 0 Å². The molecule has 1 saturated carbocycles. The van der Waals surface area contributed by atoms with Crippen molar-refractivity contribution in [1.82, 2.24) is 9.80 Å². The topological polar surface area (TPSA) is 43.9 Å². The molecule has 1 heterocycles. The molecule has 0 radical (unpaired) electrons. The minimum absolute atomic E-state index is 0.0977. The molecule has 0 spiro atoms. The molecule has 2 fully saturated rings. The highest BCUT2D eigenvalue weighted by Gasteiger charge is 2.26. The molecule has 0 bridgehead atoms. The lowest BCUT2D eigenvalue weighted by molar-refractivity contribution is -0.135. The lowest BCUT2D eigenvalue weighted by atomic mass is 9.94. The van der Waals surface area contributed by atoms with E-state index in [1.165, 1.54) is 19.3 Å². The van der Waals surface area contributed by atoms with Gasteiger partial charge >= 0.3 is 0 Å². The van der Waals surface area contributed by atoms with E-state index in [1.54, 1.807) is 6.92 Å². The molecule has 1 aliphatic heterocycles. The Balaban J connectivity index is 1.48.